The van der Waals surface area contributed by atoms with Crippen molar-refractivity contribution in [3.05, 3.63) is 12.7 Å². The normalized spacial score (nSPS) is 55.2. The lowest BCUT2D eigenvalue weighted by Crippen LogP contribution is -2.59. The third-order valence-electron chi connectivity index (χ3n) is 7.74. The predicted octanol–water partition coefficient (Wildman–Crippen LogP) is 3.10. The average molecular weight is 306 g/mol. The summed E-state index contributed by atoms with van der Waals surface area (Å²) < 4.78 is 0. The molecule has 0 aromatic rings. The van der Waals surface area contributed by atoms with Crippen LogP contribution in [0.4, 0.5) is 0 Å². The summed E-state index contributed by atoms with van der Waals surface area (Å²) in [5, 5.41) is 21.9. The fourth-order valence-electron chi connectivity index (χ4n) is 5.83. The van der Waals surface area contributed by atoms with Crippen LogP contribution in [0.15, 0.2) is 12.7 Å². The highest BCUT2D eigenvalue weighted by atomic mass is 16.3. The van der Waals surface area contributed by atoms with Crippen molar-refractivity contribution >= 4 is 5.78 Å². The number of carbonyl (C=O) groups excluding carboxylic acids is 1. The lowest BCUT2D eigenvalue weighted by molar-refractivity contribution is -0.173. The smallest absolute Gasteiger partial charge is 0.137 e. The van der Waals surface area contributed by atoms with Crippen molar-refractivity contribution in [1.29, 1.82) is 0 Å². The van der Waals surface area contributed by atoms with E-state index in [1.54, 1.807) is 6.08 Å². The van der Waals surface area contributed by atoms with Gasteiger partial charge in [0.25, 0.3) is 0 Å². The number of rotatable bonds is 1. The fraction of sp³-hybridized carbons (Fsp3) is 0.842. The molecule has 3 heteroatoms. The van der Waals surface area contributed by atoms with Gasteiger partial charge in [0.05, 0.1) is 12.2 Å². The van der Waals surface area contributed by atoms with Crippen LogP contribution in [0.1, 0.15) is 59.3 Å². The van der Waals surface area contributed by atoms with E-state index in [2.05, 4.69) is 20.4 Å². The number of hydrogen-bond acceptors (Lipinski definition) is 3. The van der Waals surface area contributed by atoms with Crippen LogP contribution in [0.25, 0.3) is 0 Å². The number of hydrogen-bond donors (Lipinski definition) is 2. The number of aliphatic hydroxyl groups excluding tert-OH is 2. The van der Waals surface area contributed by atoms with E-state index in [0.29, 0.717) is 31.0 Å². The van der Waals surface area contributed by atoms with Crippen molar-refractivity contribution in [3.63, 3.8) is 0 Å². The standard InChI is InChI=1S/C19H30O3/c1-5-17(3)10-15(22)18(4)12(2)6-8-19(11-14(17)21)9-7-13(20)16(18)19/h5,12,14-16,21-22H,1,6-11H2,2-4H3/t12?,14-,15+,16-,17+,18-,19-/m0/s1. The number of carbonyl (C=O) groups is 1. The molecule has 0 aliphatic heterocycles. The van der Waals surface area contributed by atoms with E-state index in [-0.39, 0.29) is 16.7 Å². The van der Waals surface area contributed by atoms with Gasteiger partial charge in [-0.25, -0.2) is 0 Å². The quantitative estimate of drug-likeness (QED) is 0.732. The highest BCUT2D eigenvalue weighted by molar-refractivity contribution is 5.85. The molecular weight excluding hydrogens is 276 g/mol. The molecule has 3 aliphatic rings. The minimum atomic E-state index is -0.577. The summed E-state index contributed by atoms with van der Waals surface area (Å²) in [6.45, 7) is 10.2. The zero-order chi connectivity index (χ0) is 16.3. The van der Waals surface area contributed by atoms with E-state index in [4.69, 9.17) is 0 Å². The molecule has 124 valence electrons. The van der Waals surface area contributed by atoms with Gasteiger partial charge in [0, 0.05) is 23.2 Å². The van der Waals surface area contributed by atoms with Gasteiger partial charge < -0.3 is 10.2 Å². The van der Waals surface area contributed by atoms with Gasteiger partial charge in [0.2, 0.25) is 0 Å². The van der Waals surface area contributed by atoms with Crippen LogP contribution in [-0.4, -0.2) is 28.2 Å². The van der Waals surface area contributed by atoms with Gasteiger partial charge in [-0.05, 0) is 43.4 Å². The van der Waals surface area contributed by atoms with E-state index in [9.17, 15) is 15.0 Å². The van der Waals surface area contributed by atoms with Gasteiger partial charge >= 0.3 is 0 Å². The first kappa shape index (κ1) is 16.2. The molecule has 3 rings (SSSR count). The maximum Gasteiger partial charge on any atom is 0.137 e. The van der Waals surface area contributed by atoms with Crippen LogP contribution in [0, 0.1) is 28.1 Å². The van der Waals surface area contributed by atoms with Gasteiger partial charge in [-0.3, -0.25) is 4.79 Å². The molecule has 0 aromatic heterocycles. The zero-order valence-electron chi connectivity index (χ0n) is 14.1. The summed E-state index contributed by atoms with van der Waals surface area (Å²) >= 11 is 0. The Morgan fingerprint density at radius 1 is 1.18 bits per heavy atom. The monoisotopic (exact) mass is 306 g/mol. The maximum absolute atomic E-state index is 12.7. The van der Waals surface area contributed by atoms with Crippen LogP contribution < -0.4 is 0 Å². The van der Waals surface area contributed by atoms with Crippen molar-refractivity contribution in [2.45, 2.75) is 71.5 Å². The lowest BCUT2D eigenvalue weighted by atomic mass is 9.46. The Morgan fingerprint density at radius 2 is 1.86 bits per heavy atom. The summed E-state index contributed by atoms with van der Waals surface area (Å²) in [5.41, 5.74) is -0.985. The molecule has 0 spiro atoms. The molecule has 7 atom stereocenters. The topological polar surface area (TPSA) is 57.5 Å². The molecule has 3 aliphatic carbocycles. The predicted molar refractivity (Wildman–Crippen MR) is 86.2 cm³/mol. The van der Waals surface area contributed by atoms with Gasteiger partial charge in [0.15, 0.2) is 0 Å². The molecule has 0 saturated heterocycles. The summed E-state index contributed by atoms with van der Waals surface area (Å²) in [5.74, 6) is 0.539. The third kappa shape index (κ3) is 1.91. The first-order valence-electron chi connectivity index (χ1n) is 8.72. The molecule has 0 heterocycles. The van der Waals surface area contributed by atoms with E-state index in [0.717, 1.165) is 19.3 Å². The van der Waals surface area contributed by atoms with Crippen LogP contribution in [0.3, 0.4) is 0 Å². The van der Waals surface area contributed by atoms with Gasteiger partial charge in [0.1, 0.15) is 5.78 Å². The largest absolute Gasteiger partial charge is 0.392 e. The second kappa shape index (κ2) is 4.91. The molecule has 3 nitrogen and oxygen atoms in total. The highest BCUT2D eigenvalue weighted by Gasteiger charge is 2.64. The first-order chi connectivity index (χ1) is 10.2. The summed E-state index contributed by atoms with van der Waals surface area (Å²) in [6, 6.07) is 0. The van der Waals surface area contributed by atoms with Crippen molar-refractivity contribution < 1.29 is 15.0 Å². The molecule has 2 bridgehead atoms. The molecular formula is C19H30O3. The van der Waals surface area contributed by atoms with E-state index < -0.39 is 17.6 Å². The van der Waals surface area contributed by atoms with E-state index in [1.165, 1.54) is 0 Å². The van der Waals surface area contributed by atoms with E-state index in [1.807, 2.05) is 6.92 Å². The second-order valence-corrected chi connectivity index (χ2v) is 8.72. The molecule has 22 heavy (non-hydrogen) atoms. The molecule has 0 aromatic carbocycles. The lowest BCUT2D eigenvalue weighted by Gasteiger charge is -2.59. The SMILES string of the molecule is C=C[C@]1(C)C[C@@H](O)[C@]2(C)C(C)CC[C@]3(CCC(=O)[C@H]32)C[C@@H]1O. The number of Topliss-reactive ketones (excluding diaryl/α,β-unsaturated/α-hetero) is 1. The highest BCUT2D eigenvalue weighted by Crippen LogP contribution is 2.65. The van der Waals surface area contributed by atoms with Crippen molar-refractivity contribution in [3.8, 4) is 0 Å². The van der Waals surface area contributed by atoms with Crippen LogP contribution >= 0.6 is 0 Å². The number of ketones is 1. The average Bonchev–Trinajstić information content (AvgIpc) is 2.80. The fourth-order valence-corrected chi connectivity index (χ4v) is 5.83. The van der Waals surface area contributed by atoms with Crippen molar-refractivity contribution in [2.75, 3.05) is 0 Å². The molecule has 3 fully saturated rings. The Kier molecular flexibility index (Phi) is 3.62. The Balaban J connectivity index is 2.14. The molecule has 2 N–H and O–H groups in total. The van der Waals surface area contributed by atoms with Crippen LogP contribution in [0.5, 0.6) is 0 Å². The molecule has 3 saturated carbocycles. The Bertz CT molecular complexity index is 501. The van der Waals surface area contributed by atoms with Gasteiger partial charge in [-0.1, -0.05) is 26.8 Å². The second-order valence-electron chi connectivity index (χ2n) is 8.72. The minimum absolute atomic E-state index is 0.0947. The van der Waals surface area contributed by atoms with Crippen LogP contribution in [-0.2, 0) is 4.79 Å². The Morgan fingerprint density at radius 3 is 2.50 bits per heavy atom. The van der Waals surface area contributed by atoms with Gasteiger partial charge in [-0.2, -0.15) is 0 Å². The molecule has 1 unspecified atom stereocenters. The summed E-state index contributed by atoms with van der Waals surface area (Å²) in [6.07, 6.45) is 5.36. The Hall–Kier alpha value is -0.670. The molecule has 0 radical (unpaired) electrons. The van der Waals surface area contributed by atoms with Crippen molar-refractivity contribution in [2.24, 2.45) is 28.1 Å². The Labute approximate surface area is 133 Å². The first-order valence-corrected chi connectivity index (χ1v) is 8.72. The van der Waals surface area contributed by atoms with Gasteiger partial charge in [-0.15, -0.1) is 6.58 Å². The maximum atomic E-state index is 12.7. The summed E-state index contributed by atoms with van der Waals surface area (Å²) in [7, 11) is 0. The summed E-state index contributed by atoms with van der Waals surface area (Å²) in [4.78, 5) is 12.7. The van der Waals surface area contributed by atoms with Crippen LogP contribution in [0.2, 0.25) is 0 Å². The third-order valence-corrected chi connectivity index (χ3v) is 7.74. The van der Waals surface area contributed by atoms with Crippen molar-refractivity contribution in [1.82, 2.24) is 0 Å². The molecule has 0 amide bonds. The minimum Gasteiger partial charge on any atom is -0.392 e. The zero-order valence-corrected chi connectivity index (χ0v) is 14.1. The number of aliphatic hydroxyl groups is 2. The van der Waals surface area contributed by atoms with E-state index >= 15 is 0 Å².